The fourth-order valence-corrected chi connectivity index (χ4v) is 1.95. The van der Waals surface area contributed by atoms with Crippen molar-refractivity contribution in [2.24, 2.45) is 0 Å². The highest BCUT2D eigenvalue weighted by Gasteiger charge is 2.13. The number of nitrogens with zero attached hydrogens (tertiary/aromatic N) is 2. The number of rotatable bonds is 4. The van der Waals surface area contributed by atoms with Crippen molar-refractivity contribution in [3.63, 3.8) is 0 Å². The number of hydrogen-bond donors (Lipinski definition) is 1. The number of aryl methyl sites for hydroxylation is 2. The lowest BCUT2D eigenvalue weighted by Gasteiger charge is -2.15. The van der Waals surface area contributed by atoms with Gasteiger partial charge in [-0.3, -0.25) is 0 Å². The second-order valence-electron chi connectivity index (χ2n) is 4.81. The van der Waals surface area contributed by atoms with Crippen LogP contribution in [0.4, 0.5) is 0 Å². The Morgan fingerprint density at radius 3 is 1.04 bits per heavy atom. The van der Waals surface area contributed by atoms with Crippen molar-refractivity contribution in [3.05, 3.63) is 22.5 Å². The maximum Gasteiger partial charge on any atom is 0.0248 e. The molecule has 0 saturated heterocycles. The standard InChI is InChI=1S/C12H23N3.3C2H6.CH3Cl/c1-9-11(7-14(3)4)12(8-15(5)6)10(2)13-9;4*1-2/h13H,7-8H2,1-6H3;3*1-2H3;1H3. The summed E-state index contributed by atoms with van der Waals surface area (Å²) in [6.45, 7) is 18.3. The fraction of sp³-hybridized carbons (Fsp3) is 0.789. The summed E-state index contributed by atoms with van der Waals surface area (Å²) >= 11 is 4.64. The van der Waals surface area contributed by atoms with Gasteiger partial charge in [0.2, 0.25) is 0 Å². The highest BCUT2D eigenvalue weighted by Crippen LogP contribution is 2.20. The minimum absolute atomic E-state index is 1.01. The molecule has 0 aromatic carbocycles. The topological polar surface area (TPSA) is 22.3 Å². The third-order valence-corrected chi connectivity index (χ3v) is 2.59. The van der Waals surface area contributed by atoms with E-state index in [1.54, 1.807) is 0 Å². The van der Waals surface area contributed by atoms with Gasteiger partial charge in [0.25, 0.3) is 0 Å². The first-order chi connectivity index (χ1) is 10.9. The van der Waals surface area contributed by atoms with Crippen LogP contribution in [0, 0.1) is 13.8 Å². The van der Waals surface area contributed by atoms with E-state index in [1.165, 1.54) is 28.9 Å². The molecule has 0 spiro atoms. The van der Waals surface area contributed by atoms with Crippen LogP contribution in [0.1, 0.15) is 64.1 Å². The normalized spacial score (nSPS) is 8.70. The lowest BCUT2D eigenvalue weighted by atomic mass is 10.1. The molecule has 142 valence electrons. The third kappa shape index (κ3) is 14.8. The number of halogens is 1. The quantitative estimate of drug-likeness (QED) is 0.705. The molecule has 1 N–H and O–H groups in total. The summed E-state index contributed by atoms with van der Waals surface area (Å²) in [4.78, 5) is 7.87. The predicted octanol–water partition coefficient (Wildman–Crippen LogP) is 5.69. The summed E-state index contributed by atoms with van der Waals surface area (Å²) in [5, 5.41) is 0. The van der Waals surface area contributed by atoms with Gasteiger partial charge in [-0.2, -0.15) is 0 Å². The number of alkyl halides is 1. The van der Waals surface area contributed by atoms with E-state index in [4.69, 9.17) is 0 Å². The minimum atomic E-state index is 1.01. The smallest absolute Gasteiger partial charge is 0.0248 e. The van der Waals surface area contributed by atoms with E-state index in [0.717, 1.165) is 13.1 Å². The summed E-state index contributed by atoms with van der Waals surface area (Å²) < 4.78 is 0. The molecule has 1 rings (SSSR count). The van der Waals surface area contributed by atoms with E-state index in [2.05, 4.69) is 68.4 Å². The number of hydrogen-bond acceptors (Lipinski definition) is 2. The Labute approximate surface area is 152 Å². The summed E-state index contributed by atoms with van der Waals surface area (Å²) in [7, 11) is 8.45. The molecule has 0 atom stereocenters. The van der Waals surface area contributed by atoms with Crippen molar-refractivity contribution >= 4 is 11.6 Å². The van der Waals surface area contributed by atoms with Crippen LogP contribution in [0.2, 0.25) is 0 Å². The van der Waals surface area contributed by atoms with Crippen LogP contribution in [0.25, 0.3) is 0 Å². The predicted molar refractivity (Wildman–Crippen MR) is 111 cm³/mol. The molecule has 0 fully saturated rings. The lowest BCUT2D eigenvalue weighted by molar-refractivity contribution is 0.381. The van der Waals surface area contributed by atoms with Crippen LogP contribution in [0.5, 0.6) is 0 Å². The van der Waals surface area contributed by atoms with Crippen molar-refractivity contribution in [2.45, 2.75) is 68.5 Å². The zero-order valence-electron chi connectivity index (χ0n) is 18.2. The van der Waals surface area contributed by atoms with Crippen LogP contribution in [0.3, 0.4) is 0 Å². The molecule has 0 bridgehead atoms. The Kier molecular flexibility index (Phi) is 28.4. The molecule has 23 heavy (non-hydrogen) atoms. The maximum atomic E-state index is 4.64. The average Bonchev–Trinajstić information content (AvgIpc) is 2.81. The number of aromatic amines is 1. The number of H-pyrrole nitrogens is 1. The van der Waals surface area contributed by atoms with E-state index in [9.17, 15) is 0 Å². The monoisotopic (exact) mass is 349 g/mol. The Hall–Kier alpha value is -0.510. The molecule has 0 saturated carbocycles. The number of aromatic nitrogens is 1. The molecule has 4 heteroatoms. The van der Waals surface area contributed by atoms with E-state index in [1.807, 2.05) is 41.5 Å². The molecule has 0 aliphatic carbocycles. The van der Waals surface area contributed by atoms with Crippen LogP contribution < -0.4 is 0 Å². The molecule has 3 nitrogen and oxygen atoms in total. The van der Waals surface area contributed by atoms with Crippen LogP contribution >= 0.6 is 11.6 Å². The zero-order valence-corrected chi connectivity index (χ0v) is 18.9. The SMILES string of the molecule is CC.CC.CC.CCl.Cc1[nH]c(C)c(CN(C)C)c1CN(C)C. The van der Waals surface area contributed by atoms with E-state index in [0.29, 0.717) is 0 Å². The van der Waals surface area contributed by atoms with Gasteiger partial charge < -0.3 is 14.8 Å². The average molecular weight is 350 g/mol. The Bertz CT molecular complexity index is 301. The third-order valence-electron chi connectivity index (χ3n) is 2.59. The molecule has 1 aromatic rings. The Balaban J connectivity index is -0.000000196. The molecular formula is C19H44ClN3. The summed E-state index contributed by atoms with van der Waals surface area (Å²) in [5.74, 6) is 0. The van der Waals surface area contributed by atoms with Gasteiger partial charge in [-0.05, 0) is 53.2 Å². The highest BCUT2D eigenvalue weighted by molar-refractivity contribution is 6.15. The van der Waals surface area contributed by atoms with Crippen molar-refractivity contribution < 1.29 is 0 Å². The molecular weight excluding hydrogens is 306 g/mol. The summed E-state index contributed by atoms with van der Waals surface area (Å²) in [6, 6.07) is 0. The summed E-state index contributed by atoms with van der Waals surface area (Å²) in [6.07, 6.45) is 1.47. The van der Waals surface area contributed by atoms with Crippen LogP contribution in [0.15, 0.2) is 0 Å². The van der Waals surface area contributed by atoms with Gasteiger partial charge in [0.1, 0.15) is 0 Å². The van der Waals surface area contributed by atoms with Crippen molar-refractivity contribution in [1.82, 2.24) is 14.8 Å². The van der Waals surface area contributed by atoms with Gasteiger partial charge in [-0.1, -0.05) is 41.5 Å². The second-order valence-corrected chi connectivity index (χ2v) is 4.81. The van der Waals surface area contributed by atoms with Crippen LogP contribution in [-0.4, -0.2) is 49.4 Å². The van der Waals surface area contributed by atoms with Gasteiger partial charge in [-0.15, -0.1) is 11.6 Å². The minimum Gasteiger partial charge on any atom is -0.362 e. The van der Waals surface area contributed by atoms with Crippen molar-refractivity contribution in [1.29, 1.82) is 0 Å². The van der Waals surface area contributed by atoms with Crippen LogP contribution in [-0.2, 0) is 13.1 Å². The van der Waals surface area contributed by atoms with Gasteiger partial charge in [-0.25, -0.2) is 0 Å². The van der Waals surface area contributed by atoms with Gasteiger partial charge >= 0.3 is 0 Å². The molecule has 0 amide bonds. The first-order valence-electron chi connectivity index (χ1n) is 8.76. The maximum absolute atomic E-state index is 4.64. The number of nitrogens with one attached hydrogen (secondary N) is 1. The molecule has 0 aliphatic rings. The Morgan fingerprint density at radius 1 is 0.652 bits per heavy atom. The van der Waals surface area contributed by atoms with E-state index < -0.39 is 0 Å². The summed E-state index contributed by atoms with van der Waals surface area (Å²) in [5.41, 5.74) is 5.51. The van der Waals surface area contributed by atoms with Gasteiger partial charge in [0.15, 0.2) is 0 Å². The molecule has 0 unspecified atom stereocenters. The van der Waals surface area contributed by atoms with Crippen molar-refractivity contribution in [3.8, 4) is 0 Å². The second kappa shape index (κ2) is 21.5. The first kappa shape index (κ1) is 30.4. The first-order valence-corrected chi connectivity index (χ1v) is 9.51. The zero-order chi connectivity index (χ0) is 19.6. The Morgan fingerprint density at radius 2 is 0.870 bits per heavy atom. The molecule has 1 heterocycles. The van der Waals surface area contributed by atoms with Gasteiger partial charge in [0.05, 0.1) is 0 Å². The molecule has 0 aliphatic heterocycles. The highest BCUT2D eigenvalue weighted by atomic mass is 35.5. The largest absolute Gasteiger partial charge is 0.362 e. The molecule has 1 aromatic heterocycles. The fourth-order valence-electron chi connectivity index (χ4n) is 1.95. The van der Waals surface area contributed by atoms with Gasteiger partial charge in [0, 0.05) is 30.9 Å². The molecule has 0 radical (unpaired) electrons. The van der Waals surface area contributed by atoms with E-state index in [-0.39, 0.29) is 0 Å². The van der Waals surface area contributed by atoms with Crippen molar-refractivity contribution in [2.75, 3.05) is 34.6 Å². The lowest BCUT2D eigenvalue weighted by Crippen LogP contribution is -2.16. The van der Waals surface area contributed by atoms with E-state index >= 15 is 0 Å².